The van der Waals surface area contributed by atoms with E-state index in [1.165, 1.54) is 6.20 Å². The molecule has 0 spiro atoms. The first kappa shape index (κ1) is 15.0. The number of pyridine rings is 1. The first-order valence-electron chi connectivity index (χ1n) is 6.32. The second kappa shape index (κ2) is 7.44. The predicted octanol–water partition coefficient (Wildman–Crippen LogP) is 2.72. The Morgan fingerprint density at radius 1 is 1.33 bits per heavy atom. The Balaban J connectivity index is 2.11. The first-order valence-corrected chi connectivity index (χ1v) is 6.69. The van der Waals surface area contributed by atoms with Gasteiger partial charge in [-0.15, -0.1) is 0 Å². The van der Waals surface area contributed by atoms with Crippen LogP contribution in [-0.2, 0) is 0 Å². The maximum absolute atomic E-state index is 12.1. The van der Waals surface area contributed by atoms with E-state index < -0.39 is 0 Å². The van der Waals surface area contributed by atoms with Crippen LogP contribution in [-0.4, -0.2) is 22.6 Å². The van der Waals surface area contributed by atoms with Gasteiger partial charge >= 0.3 is 0 Å². The molecule has 0 unspecified atom stereocenters. The number of carbonyl (C=O) groups is 1. The van der Waals surface area contributed by atoms with Crippen LogP contribution in [0.3, 0.4) is 0 Å². The van der Waals surface area contributed by atoms with Crippen LogP contribution in [0.2, 0.25) is 5.02 Å². The normalized spacial score (nSPS) is 9.62. The number of benzene rings is 1. The van der Waals surface area contributed by atoms with Crippen LogP contribution in [0.25, 0.3) is 0 Å². The van der Waals surface area contributed by atoms with E-state index in [0.29, 0.717) is 22.8 Å². The molecule has 0 saturated heterocycles. The lowest BCUT2D eigenvalue weighted by Gasteiger charge is -2.04. The number of aromatic nitrogens is 1. The van der Waals surface area contributed by atoms with Crippen molar-refractivity contribution >= 4 is 23.3 Å². The summed E-state index contributed by atoms with van der Waals surface area (Å²) in [6.45, 7) is 0.0232. The molecule has 0 fully saturated rings. The number of nitrogens with one attached hydrogen (secondary N) is 1. The molecule has 1 heterocycles. The number of halogens is 1. The van der Waals surface area contributed by atoms with Gasteiger partial charge in [-0.2, -0.15) is 0 Å². The van der Waals surface area contributed by atoms with Crippen molar-refractivity contribution < 1.29 is 9.90 Å². The highest BCUT2D eigenvalue weighted by Gasteiger charge is 2.06. The second-order valence-electron chi connectivity index (χ2n) is 4.17. The molecular weight excluding hydrogens is 288 g/mol. The molecule has 1 aromatic carbocycles. The number of amides is 1. The van der Waals surface area contributed by atoms with Gasteiger partial charge in [-0.1, -0.05) is 29.5 Å². The number of aliphatic hydroxyl groups excluding tert-OH is 1. The van der Waals surface area contributed by atoms with Crippen LogP contribution in [0.1, 0.15) is 22.3 Å². The molecular formula is C16H13ClN2O2. The Hall–Kier alpha value is -2.35. The summed E-state index contributed by atoms with van der Waals surface area (Å²) in [7, 11) is 0. The number of carbonyl (C=O) groups excluding carboxylic acids is 1. The summed E-state index contributed by atoms with van der Waals surface area (Å²) in [5, 5.41) is 11.9. The molecule has 1 amide bonds. The predicted molar refractivity (Wildman–Crippen MR) is 82.2 cm³/mol. The van der Waals surface area contributed by atoms with Crippen molar-refractivity contribution in [2.45, 2.75) is 6.42 Å². The fraction of sp³-hybridized carbons (Fsp3) is 0.125. The lowest BCUT2D eigenvalue weighted by Crippen LogP contribution is -2.12. The number of nitrogens with zero attached hydrogens (tertiary/aromatic N) is 1. The summed E-state index contributed by atoms with van der Waals surface area (Å²) in [4.78, 5) is 16.1. The first-order chi connectivity index (χ1) is 10.2. The zero-order valence-corrected chi connectivity index (χ0v) is 11.9. The van der Waals surface area contributed by atoms with Crippen molar-refractivity contribution in [1.82, 2.24) is 4.98 Å². The van der Waals surface area contributed by atoms with Gasteiger partial charge in [-0.05, 0) is 30.3 Å². The van der Waals surface area contributed by atoms with E-state index in [2.05, 4.69) is 22.1 Å². The largest absolute Gasteiger partial charge is 0.395 e. The van der Waals surface area contributed by atoms with Gasteiger partial charge in [-0.3, -0.25) is 4.79 Å². The molecule has 0 aliphatic heterocycles. The third kappa shape index (κ3) is 4.60. The molecule has 1 aromatic heterocycles. The smallest absolute Gasteiger partial charge is 0.256 e. The Morgan fingerprint density at radius 3 is 2.90 bits per heavy atom. The van der Waals surface area contributed by atoms with Crippen LogP contribution in [0, 0.1) is 11.8 Å². The SMILES string of the molecule is O=C(Nc1ccc(Cl)cn1)c1cccc(C#CCCO)c1. The van der Waals surface area contributed by atoms with E-state index in [9.17, 15) is 4.79 Å². The second-order valence-corrected chi connectivity index (χ2v) is 4.61. The number of rotatable bonds is 3. The van der Waals surface area contributed by atoms with Gasteiger partial charge in [0.1, 0.15) is 5.82 Å². The quantitative estimate of drug-likeness (QED) is 0.857. The van der Waals surface area contributed by atoms with Crippen LogP contribution in [0.15, 0.2) is 42.6 Å². The van der Waals surface area contributed by atoms with E-state index >= 15 is 0 Å². The Labute approximate surface area is 127 Å². The third-order valence-electron chi connectivity index (χ3n) is 2.56. The summed E-state index contributed by atoms with van der Waals surface area (Å²) < 4.78 is 0. The summed E-state index contributed by atoms with van der Waals surface area (Å²) in [6.07, 6.45) is 1.87. The minimum atomic E-state index is -0.268. The monoisotopic (exact) mass is 300 g/mol. The molecule has 106 valence electrons. The summed E-state index contributed by atoms with van der Waals surface area (Å²) >= 11 is 5.74. The summed E-state index contributed by atoms with van der Waals surface area (Å²) in [6, 6.07) is 10.2. The van der Waals surface area contributed by atoms with Crippen LogP contribution >= 0.6 is 11.6 Å². The number of anilines is 1. The van der Waals surface area contributed by atoms with Gasteiger partial charge in [0.25, 0.3) is 5.91 Å². The highest BCUT2D eigenvalue weighted by atomic mass is 35.5. The van der Waals surface area contributed by atoms with Gasteiger partial charge < -0.3 is 10.4 Å². The highest BCUT2D eigenvalue weighted by molar-refractivity contribution is 6.30. The zero-order valence-electron chi connectivity index (χ0n) is 11.1. The van der Waals surface area contributed by atoms with E-state index in [0.717, 1.165) is 5.56 Å². The number of hydrogen-bond acceptors (Lipinski definition) is 3. The summed E-state index contributed by atoms with van der Waals surface area (Å²) in [5.74, 6) is 5.87. The molecule has 4 nitrogen and oxygen atoms in total. The molecule has 0 aliphatic rings. The lowest BCUT2D eigenvalue weighted by atomic mass is 10.1. The average molecular weight is 301 g/mol. The van der Waals surface area contributed by atoms with Gasteiger partial charge in [0, 0.05) is 23.7 Å². The van der Waals surface area contributed by atoms with Crippen LogP contribution in [0.5, 0.6) is 0 Å². The van der Waals surface area contributed by atoms with Gasteiger partial charge in [0.15, 0.2) is 0 Å². The van der Waals surface area contributed by atoms with Gasteiger partial charge in [0.05, 0.1) is 11.6 Å². The van der Waals surface area contributed by atoms with Crippen molar-refractivity contribution in [2.75, 3.05) is 11.9 Å². The van der Waals surface area contributed by atoms with Crippen molar-refractivity contribution in [3.63, 3.8) is 0 Å². The van der Waals surface area contributed by atoms with Crippen molar-refractivity contribution in [2.24, 2.45) is 0 Å². The fourth-order valence-electron chi connectivity index (χ4n) is 1.60. The minimum Gasteiger partial charge on any atom is -0.395 e. The number of hydrogen-bond donors (Lipinski definition) is 2. The molecule has 0 bridgehead atoms. The van der Waals surface area contributed by atoms with E-state index in [4.69, 9.17) is 16.7 Å². The number of aliphatic hydroxyl groups is 1. The molecule has 21 heavy (non-hydrogen) atoms. The molecule has 0 aliphatic carbocycles. The molecule has 0 atom stereocenters. The third-order valence-corrected chi connectivity index (χ3v) is 2.79. The Kier molecular flexibility index (Phi) is 5.33. The lowest BCUT2D eigenvalue weighted by molar-refractivity contribution is 0.102. The van der Waals surface area contributed by atoms with Gasteiger partial charge in [0.2, 0.25) is 0 Å². The topological polar surface area (TPSA) is 62.2 Å². The fourth-order valence-corrected chi connectivity index (χ4v) is 1.71. The summed E-state index contributed by atoms with van der Waals surface area (Å²) in [5.41, 5.74) is 1.21. The molecule has 2 rings (SSSR count). The standard InChI is InChI=1S/C16H13ClN2O2/c17-14-7-8-15(18-11-14)19-16(21)13-6-3-5-12(10-13)4-1-2-9-20/h3,5-8,10-11,20H,2,9H2,(H,18,19,21). The maximum atomic E-state index is 12.1. The van der Waals surface area contributed by atoms with E-state index in [1.54, 1.807) is 30.3 Å². The Bertz CT molecular complexity index is 687. The zero-order chi connectivity index (χ0) is 15.1. The molecule has 0 saturated carbocycles. The molecule has 2 aromatic rings. The maximum Gasteiger partial charge on any atom is 0.256 e. The van der Waals surface area contributed by atoms with Crippen molar-refractivity contribution in [3.8, 4) is 11.8 Å². The Morgan fingerprint density at radius 2 is 2.19 bits per heavy atom. The van der Waals surface area contributed by atoms with Crippen molar-refractivity contribution in [3.05, 3.63) is 58.7 Å². The van der Waals surface area contributed by atoms with E-state index in [-0.39, 0.29) is 12.5 Å². The van der Waals surface area contributed by atoms with Gasteiger partial charge in [-0.25, -0.2) is 4.98 Å². The van der Waals surface area contributed by atoms with Crippen molar-refractivity contribution in [1.29, 1.82) is 0 Å². The van der Waals surface area contributed by atoms with Crippen LogP contribution < -0.4 is 5.32 Å². The minimum absolute atomic E-state index is 0.0232. The molecule has 0 radical (unpaired) electrons. The molecule has 5 heteroatoms. The van der Waals surface area contributed by atoms with E-state index in [1.807, 2.05) is 6.07 Å². The average Bonchev–Trinajstić information content (AvgIpc) is 2.50. The van der Waals surface area contributed by atoms with Crippen LogP contribution in [0.4, 0.5) is 5.82 Å². The highest BCUT2D eigenvalue weighted by Crippen LogP contribution is 2.11. The molecule has 2 N–H and O–H groups in total.